The maximum atomic E-state index is 13.6. The number of nitrogens with one attached hydrogen (secondary N) is 2. The molecule has 5 aromatic rings. The van der Waals surface area contributed by atoms with Gasteiger partial charge in [0.2, 0.25) is 0 Å². The topological polar surface area (TPSA) is 546 Å². The van der Waals surface area contributed by atoms with E-state index in [4.69, 9.17) is 45.3 Å². The summed E-state index contributed by atoms with van der Waals surface area (Å²) in [6, 6.07) is 9.96. The fourth-order valence-corrected chi connectivity index (χ4v) is 14.0. The number of anilines is 2. The number of nitro groups is 1. The van der Waals surface area contributed by atoms with Gasteiger partial charge in [-0.2, -0.15) is 25.5 Å². The number of nitrogen functional groups attached to an aromatic ring is 2. The van der Waals surface area contributed by atoms with E-state index in [2.05, 4.69) is 40.3 Å². The molecule has 0 bridgehead atoms. The molecule has 0 saturated carbocycles. The molecule has 464 valence electrons. The number of nitro benzene ring substituents is 1. The molecular weight excluding hydrogens is 1260 g/mol. The average molecular weight is 1310 g/mol. The van der Waals surface area contributed by atoms with Gasteiger partial charge in [0.15, 0.2) is 21.1 Å². The average Bonchev–Trinajstić information content (AvgIpc) is 2.37. The number of methoxy groups -OCH3 is 1. The van der Waals surface area contributed by atoms with Crippen LogP contribution in [-0.2, 0) is 63.2 Å². The van der Waals surface area contributed by atoms with E-state index in [9.17, 15) is 79.3 Å². The minimum absolute atomic E-state index is 0.0174. The van der Waals surface area contributed by atoms with E-state index in [0.29, 0.717) is 5.56 Å². The largest absolute Gasteiger partial charge is 0.495 e. The van der Waals surface area contributed by atoms with Crippen LogP contribution in [0.1, 0.15) is 76.9 Å². The fraction of sp³-hybridized carbons (Fsp3) is 0.271. The van der Waals surface area contributed by atoms with Gasteiger partial charge >= 0.3 is 29.4 Å². The van der Waals surface area contributed by atoms with Gasteiger partial charge in [0.25, 0.3) is 31.8 Å². The summed E-state index contributed by atoms with van der Waals surface area (Å²) < 4.78 is 143. The third kappa shape index (κ3) is 14.2. The lowest BCUT2D eigenvalue weighted by Crippen LogP contribution is -2.26. The van der Waals surface area contributed by atoms with Crippen molar-refractivity contribution in [2.75, 3.05) is 31.7 Å². The molecule has 6 atom stereocenters. The Bertz CT molecular complexity index is 4480. The van der Waals surface area contributed by atoms with Crippen LogP contribution < -0.4 is 26.9 Å². The number of nitrogens with zero attached hydrogens (tertiary/aromatic N) is 4. The number of phosphoric ester groups is 1. The number of hydrogen-bond acceptors (Lipinski definition) is 24. The maximum Gasteiger partial charge on any atom is 0.490 e. The molecule has 1 aliphatic carbocycles. The molecule has 2 aromatic heterocycles. The van der Waals surface area contributed by atoms with Gasteiger partial charge in [-0.1, -0.05) is 38.7 Å². The number of phosphoric acid groups is 3. The van der Waals surface area contributed by atoms with Gasteiger partial charge in [0, 0.05) is 46.3 Å². The zero-order chi connectivity index (χ0) is 64.3. The first-order valence-electron chi connectivity index (χ1n) is 24.5. The Hall–Kier alpha value is -7.62. The van der Waals surface area contributed by atoms with Crippen molar-refractivity contribution in [2.45, 2.75) is 68.1 Å². The Morgan fingerprint density at radius 1 is 0.966 bits per heavy atom. The van der Waals surface area contributed by atoms with Gasteiger partial charge < -0.3 is 69.8 Å². The number of carbonyl (C=O) groups excluding carboxylic acids is 1. The van der Waals surface area contributed by atoms with E-state index in [1.54, 1.807) is 20.8 Å². The molecule has 1 amide bonds. The molecule has 3 aliphatic rings. The van der Waals surface area contributed by atoms with Crippen molar-refractivity contribution in [1.82, 2.24) is 19.9 Å². The highest BCUT2D eigenvalue weighted by atomic mass is 32.2. The SMILES string of the molecule is COc1cc([C@@H](OCc2cn([C@H]3C[C@@H](O)[C@@H](COP(=O)(O)OP(=O)(O)OP(=O)(O)O)O3)c3ncnc(N)c23)C(C)(C)C)c([N+](=O)[O-])cc1C#CCNC(=O)c1ccc(-c2c3ccc(=N)c(S(=O)(=O)O)c-3oc3c(S(=O)(=O)O)c(N)ccc23)c(C(=O)O)c1. The first kappa shape index (κ1) is 65.4. The molecule has 2 unspecified atom stereocenters. The fourth-order valence-electron chi connectivity index (χ4n) is 9.46. The van der Waals surface area contributed by atoms with Crippen LogP contribution in [0.2, 0.25) is 0 Å². The number of nitrogens with two attached hydrogens (primary N) is 2. The number of aliphatic hydroxyl groups excluding tert-OH is 1. The number of ether oxygens (including phenoxy) is 3. The molecule has 39 heteroatoms. The van der Waals surface area contributed by atoms with Crippen LogP contribution >= 0.6 is 23.5 Å². The summed E-state index contributed by atoms with van der Waals surface area (Å²) in [6.45, 7) is 3.43. The van der Waals surface area contributed by atoms with Crippen molar-refractivity contribution < 1.29 is 116 Å². The number of benzene rings is 4. The zero-order valence-corrected chi connectivity index (χ0v) is 49.3. The van der Waals surface area contributed by atoms with Crippen LogP contribution in [0.5, 0.6) is 5.75 Å². The molecule has 87 heavy (non-hydrogen) atoms. The Morgan fingerprint density at radius 3 is 2.26 bits per heavy atom. The minimum atomic E-state index is -5.85. The Balaban J connectivity index is 1.03. The highest BCUT2D eigenvalue weighted by Crippen LogP contribution is 2.66. The maximum absolute atomic E-state index is 13.6. The molecular formula is C48H49N8O26P3S2. The second-order valence-corrected chi connectivity index (χ2v) is 27.1. The third-order valence-corrected chi connectivity index (χ3v) is 18.6. The van der Waals surface area contributed by atoms with Crippen LogP contribution in [0.15, 0.2) is 81.3 Å². The molecule has 34 nitrogen and oxygen atoms in total. The highest BCUT2D eigenvalue weighted by molar-refractivity contribution is 7.86. The smallest absolute Gasteiger partial charge is 0.490 e. The molecule has 2 aliphatic heterocycles. The summed E-state index contributed by atoms with van der Waals surface area (Å²) in [7, 11) is -26.4. The number of aliphatic hydroxyl groups is 1. The predicted molar refractivity (Wildman–Crippen MR) is 297 cm³/mol. The van der Waals surface area contributed by atoms with Crippen molar-refractivity contribution in [3.8, 4) is 40.0 Å². The third-order valence-electron chi connectivity index (χ3n) is 12.9. The van der Waals surface area contributed by atoms with Crippen LogP contribution in [-0.4, -0.2) is 120 Å². The van der Waals surface area contributed by atoms with Crippen molar-refractivity contribution in [3.05, 3.63) is 110 Å². The van der Waals surface area contributed by atoms with Crippen LogP contribution in [0.4, 0.5) is 17.2 Å². The number of amides is 1. The summed E-state index contributed by atoms with van der Waals surface area (Å²) >= 11 is 0. The van der Waals surface area contributed by atoms with E-state index in [-0.39, 0.29) is 74.4 Å². The first-order chi connectivity index (χ1) is 40.3. The number of fused-ring (bicyclic) bond motifs is 3. The van der Waals surface area contributed by atoms with Crippen LogP contribution in [0.25, 0.3) is 44.5 Å². The normalized spacial score (nSPS) is 17.5. The molecule has 0 radical (unpaired) electrons. The van der Waals surface area contributed by atoms with Gasteiger partial charge in [-0.25, -0.2) is 28.5 Å². The molecule has 14 N–H and O–H groups in total. The van der Waals surface area contributed by atoms with E-state index in [1.165, 1.54) is 30.0 Å². The van der Waals surface area contributed by atoms with E-state index >= 15 is 0 Å². The first-order valence-corrected chi connectivity index (χ1v) is 31.9. The standard InChI is InChI=1S/C48H49N8O26P3S2/c1-48(2,3)43(77-19-24-18-55(45-37(24)44(51)53-21-54-45)36-17-33(57)35(79-36)20-78-84(66,67)82-85(68,69)81-83(63,64)65)29-16-34(76-4)22(15-32(29)56(61)62)6-5-13-52-46(58)23-7-8-25(28(14-23)47(59)60)38-26-9-11-30(49)41(86(70,71)72)39(26)80-40-27(38)10-12-31(50)42(40)87(73,74)75/h7-12,14-16,18,21,33,35-36,43,49,57H,13,17,19-20,50H2,1-4H3,(H,52,58)(H,59,60)(H,66,67)(H,68,69)(H2,51,53,54)(H2,63,64,65)(H,70,71,72)(H,73,74,75)/t33-,35-,36-,43-/m1/s1. The summed E-state index contributed by atoms with van der Waals surface area (Å²) in [5, 5.41) is 44.1. The quantitative estimate of drug-likeness (QED) is 0.00929. The lowest BCUT2D eigenvalue weighted by atomic mass is 9.83. The minimum Gasteiger partial charge on any atom is -0.495 e. The number of carbonyl (C=O) groups is 2. The molecule has 8 rings (SSSR count). The molecule has 1 fully saturated rings. The van der Waals surface area contributed by atoms with Crippen molar-refractivity contribution in [3.63, 3.8) is 0 Å². The Labute approximate surface area is 489 Å². The van der Waals surface area contributed by atoms with Gasteiger partial charge in [-0.3, -0.25) is 33.9 Å². The summed E-state index contributed by atoms with van der Waals surface area (Å²) in [5.74, 6) is 1.99. The van der Waals surface area contributed by atoms with Crippen molar-refractivity contribution in [1.29, 1.82) is 5.41 Å². The Morgan fingerprint density at radius 2 is 1.64 bits per heavy atom. The second-order valence-electron chi connectivity index (χ2n) is 19.9. The number of hydrogen-bond donors (Lipinski definition) is 12. The molecule has 4 heterocycles. The number of rotatable bonds is 20. The van der Waals surface area contributed by atoms with Gasteiger partial charge in [-0.15, -0.1) is 0 Å². The molecule has 0 spiro atoms. The second kappa shape index (κ2) is 24.2. The summed E-state index contributed by atoms with van der Waals surface area (Å²) in [6.07, 6.45) is -2.74. The van der Waals surface area contributed by atoms with Crippen molar-refractivity contribution >= 4 is 94.8 Å². The number of carboxylic acid groups (broad SMARTS) is 1. The van der Waals surface area contributed by atoms with Gasteiger partial charge in [-0.05, 0) is 53.4 Å². The summed E-state index contributed by atoms with van der Waals surface area (Å²) in [4.78, 5) is 82.0. The van der Waals surface area contributed by atoms with E-state index in [0.717, 1.165) is 48.8 Å². The van der Waals surface area contributed by atoms with Crippen LogP contribution in [0.3, 0.4) is 0 Å². The zero-order valence-electron chi connectivity index (χ0n) is 45.0. The molecule has 1 saturated heterocycles. The van der Waals surface area contributed by atoms with E-state index < -0.39 is 147 Å². The lowest BCUT2D eigenvalue weighted by molar-refractivity contribution is -0.386. The Kier molecular flexibility index (Phi) is 18.1. The number of aromatic nitrogens is 3. The number of aromatic carboxylic acids is 1. The predicted octanol–water partition coefficient (Wildman–Crippen LogP) is 4.78. The van der Waals surface area contributed by atoms with Gasteiger partial charge in [0.1, 0.15) is 35.9 Å². The monoisotopic (exact) mass is 1310 g/mol. The summed E-state index contributed by atoms with van der Waals surface area (Å²) in [5.41, 5.74) is 8.21. The number of carboxylic acids is 1. The van der Waals surface area contributed by atoms with Gasteiger partial charge in [0.05, 0.1) is 77.1 Å². The lowest BCUT2D eigenvalue weighted by Gasteiger charge is -2.31. The van der Waals surface area contributed by atoms with E-state index in [1.807, 2.05) is 0 Å². The van der Waals surface area contributed by atoms with Crippen LogP contribution in [0, 0.1) is 32.8 Å². The molecule has 3 aromatic carbocycles. The highest BCUT2D eigenvalue weighted by Gasteiger charge is 2.44. The van der Waals surface area contributed by atoms with Crippen molar-refractivity contribution in [2.24, 2.45) is 5.41 Å².